The molecule has 0 spiro atoms. The molecule has 1 aliphatic heterocycles. The molecule has 108 valence electrons. The number of benzene rings is 1. The second-order valence-electron chi connectivity index (χ2n) is 5.18. The molecule has 20 heavy (non-hydrogen) atoms. The van der Waals surface area contributed by atoms with Gasteiger partial charge in [0.25, 0.3) is 5.91 Å². The minimum Gasteiger partial charge on any atom is -0.382 e. The summed E-state index contributed by atoms with van der Waals surface area (Å²) in [5.41, 5.74) is 7.50. The molecule has 6 nitrogen and oxygen atoms in total. The van der Waals surface area contributed by atoms with Gasteiger partial charge < -0.3 is 21.7 Å². The predicted octanol–water partition coefficient (Wildman–Crippen LogP) is 0.764. The molecular formula is C14H20N4O2. The number of carbonyl (C=O) groups excluding carboxylic acids is 2. The van der Waals surface area contributed by atoms with E-state index in [0.717, 1.165) is 24.5 Å². The van der Waals surface area contributed by atoms with Crippen molar-refractivity contribution < 1.29 is 9.59 Å². The van der Waals surface area contributed by atoms with Gasteiger partial charge in [0, 0.05) is 13.1 Å². The number of nitrogens with two attached hydrogens (primary N) is 1. The Hall–Kier alpha value is -2.24. The van der Waals surface area contributed by atoms with Crippen LogP contribution in [0.5, 0.6) is 0 Å². The van der Waals surface area contributed by atoms with Crippen molar-refractivity contribution in [3.8, 4) is 0 Å². The number of nitrogens with one attached hydrogen (secondary N) is 3. The summed E-state index contributed by atoms with van der Waals surface area (Å²) >= 11 is 0. The number of rotatable bonds is 4. The van der Waals surface area contributed by atoms with Crippen LogP contribution in [-0.4, -0.2) is 30.9 Å². The first-order valence-electron chi connectivity index (χ1n) is 6.71. The van der Waals surface area contributed by atoms with E-state index in [-0.39, 0.29) is 11.8 Å². The number of amides is 2. The Bertz CT molecular complexity index is 528. The van der Waals surface area contributed by atoms with Gasteiger partial charge in [0.1, 0.15) is 6.04 Å². The van der Waals surface area contributed by atoms with Crippen LogP contribution in [0, 0.1) is 5.92 Å². The van der Waals surface area contributed by atoms with Crippen LogP contribution in [0.4, 0.5) is 11.4 Å². The van der Waals surface area contributed by atoms with Gasteiger partial charge in [-0.15, -0.1) is 0 Å². The standard InChI is InChI=1S/C14H20N4O2/c1-8(2)11(13(15)19)18-14(20)9-4-3-5-10-12(9)17-7-6-16-10/h3-5,8,11,16-17H,6-7H2,1-2H3,(H2,15,19)(H,18,20). The van der Waals surface area contributed by atoms with Gasteiger partial charge in [0.05, 0.1) is 16.9 Å². The SMILES string of the molecule is CC(C)C(NC(=O)c1cccc2c1NCCN2)C(N)=O. The summed E-state index contributed by atoms with van der Waals surface area (Å²) in [5.74, 6) is -0.873. The number of fused-ring (bicyclic) bond motifs is 1. The van der Waals surface area contributed by atoms with E-state index in [1.807, 2.05) is 26.0 Å². The molecule has 0 radical (unpaired) electrons. The normalized spacial score (nSPS) is 14.8. The lowest BCUT2D eigenvalue weighted by molar-refractivity contribution is -0.120. The number of hydrogen-bond acceptors (Lipinski definition) is 4. The maximum Gasteiger partial charge on any atom is 0.254 e. The maximum atomic E-state index is 12.3. The quantitative estimate of drug-likeness (QED) is 0.653. The van der Waals surface area contributed by atoms with E-state index in [4.69, 9.17) is 5.73 Å². The molecule has 0 fully saturated rings. The van der Waals surface area contributed by atoms with Crippen molar-refractivity contribution in [2.24, 2.45) is 11.7 Å². The van der Waals surface area contributed by atoms with E-state index in [2.05, 4.69) is 16.0 Å². The Morgan fingerprint density at radius 2 is 1.95 bits per heavy atom. The molecule has 0 bridgehead atoms. The van der Waals surface area contributed by atoms with Crippen molar-refractivity contribution in [2.45, 2.75) is 19.9 Å². The lowest BCUT2D eigenvalue weighted by Gasteiger charge is -2.24. The molecule has 0 saturated heterocycles. The highest BCUT2D eigenvalue weighted by Crippen LogP contribution is 2.28. The monoisotopic (exact) mass is 276 g/mol. The molecule has 0 aliphatic carbocycles. The first-order chi connectivity index (χ1) is 9.50. The van der Waals surface area contributed by atoms with E-state index in [1.165, 1.54) is 0 Å². The minimum absolute atomic E-state index is 0.0536. The van der Waals surface area contributed by atoms with Crippen LogP contribution in [-0.2, 0) is 4.79 Å². The lowest BCUT2D eigenvalue weighted by atomic mass is 10.0. The number of para-hydroxylation sites is 1. The van der Waals surface area contributed by atoms with Crippen LogP contribution >= 0.6 is 0 Å². The zero-order valence-corrected chi connectivity index (χ0v) is 11.7. The highest BCUT2D eigenvalue weighted by Gasteiger charge is 2.24. The van der Waals surface area contributed by atoms with Crippen molar-refractivity contribution in [1.29, 1.82) is 0 Å². The Balaban J connectivity index is 2.23. The molecule has 6 heteroatoms. The van der Waals surface area contributed by atoms with Gasteiger partial charge in [-0.3, -0.25) is 9.59 Å². The molecule has 0 aromatic heterocycles. The lowest BCUT2D eigenvalue weighted by Crippen LogP contribution is -2.47. The summed E-state index contributed by atoms with van der Waals surface area (Å²) in [6, 6.07) is 4.77. The molecule has 1 aliphatic rings. The zero-order valence-electron chi connectivity index (χ0n) is 11.7. The fraction of sp³-hybridized carbons (Fsp3) is 0.429. The molecule has 2 rings (SSSR count). The average Bonchev–Trinajstić information content (AvgIpc) is 2.43. The highest BCUT2D eigenvalue weighted by atomic mass is 16.2. The van der Waals surface area contributed by atoms with Crippen LogP contribution in [0.25, 0.3) is 0 Å². The van der Waals surface area contributed by atoms with Gasteiger partial charge in [0.2, 0.25) is 5.91 Å². The summed E-state index contributed by atoms with van der Waals surface area (Å²) in [5, 5.41) is 9.13. The van der Waals surface area contributed by atoms with Gasteiger partial charge in [-0.1, -0.05) is 19.9 Å². The van der Waals surface area contributed by atoms with Crippen molar-refractivity contribution >= 4 is 23.2 Å². The van der Waals surface area contributed by atoms with Crippen molar-refractivity contribution in [3.63, 3.8) is 0 Å². The second-order valence-corrected chi connectivity index (χ2v) is 5.18. The molecule has 1 unspecified atom stereocenters. The predicted molar refractivity (Wildman–Crippen MR) is 78.7 cm³/mol. The first-order valence-corrected chi connectivity index (χ1v) is 6.71. The molecule has 1 aromatic rings. The smallest absolute Gasteiger partial charge is 0.254 e. The largest absolute Gasteiger partial charge is 0.382 e. The third-order valence-electron chi connectivity index (χ3n) is 3.31. The number of anilines is 2. The van der Waals surface area contributed by atoms with Gasteiger partial charge in [-0.2, -0.15) is 0 Å². The number of carbonyl (C=O) groups is 2. The van der Waals surface area contributed by atoms with Gasteiger partial charge in [0.15, 0.2) is 0 Å². The van der Waals surface area contributed by atoms with E-state index in [1.54, 1.807) is 6.07 Å². The highest BCUT2D eigenvalue weighted by molar-refractivity contribution is 6.04. The molecule has 1 heterocycles. The molecule has 1 aromatic carbocycles. The van der Waals surface area contributed by atoms with E-state index in [0.29, 0.717) is 5.56 Å². The Morgan fingerprint density at radius 1 is 1.25 bits per heavy atom. The zero-order chi connectivity index (χ0) is 14.7. The van der Waals surface area contributed by atoms with Crippen LogP contribution in [0.1, 0.15) is 24.2 Å². The third-order valence-corrected chi connectivity index (χ3v) is 3.31. The Kier molecular flexibility index (Phi) is 4.12. The third kappa shape index (κ3) is 2.84. The van der Waals surface area contributed by atoms with Crippen LogP contribution in [0.15, 0.2) is 18.2 Å². The van der Waals surface area contributed by atoms with Gasteiger partial charge in [-0.05, 0) is 18.1 Å². The van der Waals surface area contributed by atoms with Crippen LogP contribution in [0.2, 0.25) is 0 Å². The minimum atomic E-state index is -0.671. The first kappa shape index (κ1) is 14.2. The van der Waals surface area contributed by atoms with E-state index in [9.17, 15) is 9.59 Å². The molecular weight excluding hydrogens is 256 g/mol. The average molecular weight is 276 g/mol. The number of hydrogen-bond donors (Lipinski definition) is 4. The number of primary amides is 1. The Morgan fingerprint density at radius 3 is 2.60 bits per heavy atom. The van der Waals surface area contributed by atoms with Crippen LogP contribution < -0.4 is 21.7 Å². The van der Waals surface area contributed by atoms with Gasteiger partial charge in [-0.25, -0.2) is 0 Å². The molecule has 2 amide bonds. The molecule has 0 saturated carbocycles. The maximum absolute atomic E-state index is 12.3. The van der Waals surface area contributed by atoms with Crippen molar-refractivity contribution in [2.75, 3.05) is 23.7 Å². The summed E-state index contributed by atoms with van der Waals surface area (Å²) in [7, 11) is 0. The summed E-state index contributed by atoms with van der Waals surface area (Å²) in [4.78, 5) is 23.7. The van der Waals surface area contributed by atoms with Crippen molar-refractivity contribution in [1.82, 2.24) is 5.32 Å². The Labute approximate surface area is 118 Å². The van der Waals surface area contributed by atoms with E-state index >= 15 is 0 Å². The van der Waals surface area contributed by atoms with Crippen LogP contribution in [0.3, 0.4) is 0 Å². The van der Waals surface area contributed by atoms with Gasteiger partial charge >= 0.3 is 0 Å². The van der Waals surface area contributed by atoms with E-state index < -0.39 is 11.9 Å². The summed E-state index contributed by atoms with van der Waals surface area (Å²) in [6.45, 7) is 5.25. The molecule has 1 atom stereocenters. The summed E-state index contributed by atoms with van der Waals surface area (Å²) < 4.78 is 0. The fourth-order valence-corrected chi connectivity index (χ4v) is 2.25. The molecule has 5 N–H and O–H groups in total. The summed E-state index contributed by atoms with van der Waals surface area (Å²) in [6.07, 6.45) is 0. The van der Waals surface area contributed by atoms with Crippen molar-refractivity contribution in [3.05, 3.63) is 23.8 Å². The fourth-order valence-electron chi connectivity index (χ4n) is 2.25. The topological polar surface area (TPSA) is 96.2 Å². The second kappa shape index (κ2) is 5.81.